The van der Waals surface area contributed by atoms with Crippen LogP contribution >= 0.6 is 11.3 Å². The summed E-state index contributed by atoms with van der Waals surface area (Å²) in [7, 11) is -3.80. The van der Waals surface area contributed by atoms with Crippen LogP contribution in [0, 0.1) is 0 Å². The highest BCUT2D eigenvalue weighted by Gasteiger charge is 2.16. The monoisotopic (exact) mass is 457 g/mol. The molecule has 0 aliphatic carbocycles. The van der Waals surface area contributed by atoms with Gasteiger partial charge in [0.2, 0.25) is 15.9 Å². The number of amides is 2. The predicted octanol–water partition coefficient (Wildman–Crippen LogP) is -0.259. The van der Waals surface area contributed by atoms with Crippen LogP contribution in [0.25, 0.3) is 0 Å². The van der Waals surface area contributed by atoms with E-state index in [-0.39, 0.29) is 18.1 Å². The summed E-state index contributed by atoms with van der Waals surface area (Å²) in [4.78, 5) is 40.6. The molecule has 0 saturated carbocycles. The smallest absolute Gasteiger partial charge is 0.354 e. The number of hydrogen-bond donors (Lipinski definition) is 5. The van der Waals surface area contributed by atoms with Crippen molar-refractivity contribution < 1.29 is 27.9 Å². The normalized spacial score (nSPS) is 14.3. The number of nitrogens with one attached hydrogen (secondary N) is 4. The van der Waals surface area contributed by atoms with Gasteiger partial charge < -0.3 is 15.7 Å². The third-order valence-corrected chi connectivity index (χ3v) is 6.30. The summed E-state index contributed by atoms with van der Waals surface area (Å²) in [5.41, 5.74) is -0.669. The lowest BCUT2D eigenvalue weighted by Gasteiger charge is -2.14. The van der Waals surface area contributed by atoms with Crippen LogP contribution in [0.1, 0.15) is 34.3 Å². The van der Waals surface area contributed by atoms with Gasteiger partial charge in [0.25, 0.3) is 5.91 Å². The van der Waals surface area contributed by atoms with Crippen LogP contribution in [0.2, 0.25) is 0 Å². The van der Waals surface area contributed by atoms with Crippen LogP contribution in [-0.2, 0) is 26.0 Å². The zero-order chi connectivity index (χ0) is 22.1. The molecule has 2 amide bonds. The number of carbonyl (C=O) groups excluding carboxylic acids is 2. The molecule has 0 aromatic carbocycles. The number of hydrogen-bond acceptors (Lipinski definition) is 8. The van der Waals surface area contributed by atoms with E-state index in [9.17, 15) is 22.8 Å². The summed E-state index contributed by atoms with van der Waals surface area (Å²) in [6.45, 7) is 2.79. The van der Waals surface area contributed by atoms with Gasteiger partial charge in [0.05, 0.1) is 10.6 Å². The Hall–Kier alpha value is -2.93. The summed E-state index contributed by atoms with van der Waals surface area (Å²) < 4.78 is 24.9. The fourth-order valence-corrected chi connectivity index (χ4v) is 3.80. The third-order valence-electron chi connectivity index (χ3n) is 3.86. The van der Waals surface area contributed by atoms with Crippen molar-refractivity contribution in [1.29, 1.82) is 0 Å². The number of thiophene rings is 1. The molecular formula is C17H23N5O6S2. The second-order valence-electron chi connectivity index (χ2n) is 6.17. The Morgan fingerprint density at radius 2 is 2.10 bits per heavy atom. The SMILES string of the molecule is CCS(=O)(=O)NC(=CNC(=O)c1ccc(CCC(=O)NC2=NCCCN2)s1)C(=O)O. The van der Waals surface area contributed by atoms with E-state index in [1.807, 2.05) is 4.72 Å². The highest BCUT2D eigenvalue weighted by molar-refractivity contribution is 7.89. The van der Waals surface area contributed by atoms with E-state index in [1.165, 1.54) is 6.92 Å². The number of carbonyl (C=O) groups is 3. The molecule has 0 spiro atoms. The summed E-state index contributed by atoms with van der Waals surface area (Å²) >= 11 is 1.15. The van der Waals surface area contributed by atoms with E-state index in [0.717, 1.165) is 35.4 Å². The van der Waals surface area contributed by atoms with E-state index < -0.39 is 27.6 Å². The van der Waals surface area contributed by atoms with E-state index in [4.69, 9.17) is 5.11 Å². The first-order chi connectivity index (χ1) is 14.2. The summed E-state index contributed by atoms with van der Waals surface area (Å²) in [5, 5.41) is 17.0. The number of carboxylic acid groups (broad SMARTS) is 1. The van der Waals surface area contributed by atoms with Gasteiger partial charge in [-0.15, -0.1) is 11.3 Å². The minimum absolute atomic E-state index is 0.195. The Labute approximate surface area is 177 Å². The van der Waals surface area contributed by atoms with Gasteiger partial charge in [0, 0.05) is 30.6 Å². The molecular weight excluding hydrogens is 434 g/mol. The average Bonchev–Trinajstić information content (AvgIpc) is 3.19. The summed E-state index contributed by atoms with van der Waals surface area (Å²) in [5.74, 6) is -2.15. The first kappa shape index (κ1) is 23.3. The molecule has 11 nitrogen and oxygen atoms in total. The first-order valence-corrected chi connectivity index (χ1v) is 11.6. The standard InChI is InChI=1S/C17H23N5O6S2/c1-2-30(27,28)22-12(16(25)26)10-20-15(24)13-6-4-11(29-13)5-7-14(23)21-17-18-8-3-9-19-17/h4,6,10,22H,2-3,5,7-9H2,1H3,(H,20,24)(H,25,26)(H2,18,19,21,23). The highest BCUT2D eigenvalue weighted by atomic mass is 32.2. The molecule has 1 aliphatic rings. The molecule has 164 valence electrons. The molecule has 5 N–H and O–H groups in total. The average molecular weight is 458 g/mol. The number of aliphatic imine (C=N–C) groups is 1. The van der Waals surface area contributed by atoms with Gasteiger partial charge in [0.1, 0.15) is 0 Å². The molecule has 0 bridgehead atoms. The van der Waals surface area contributed by atoms with Crippen LogP contribution in [0.15, 0.2) is 29.0 Å². The lowest BCUT2D eigenvalue weighted by molar-refractivity contribution is -0.133. The van der Waals surface area contributed by atoms with Crippen LogP contribution in [-0.4, -0.2) is 56.1 Å². The topological polar surface area (TPSA) is 166 Å². The first-order valence-electron chi connectivity index (χ1n) is 9.12. The predicted molar refractivity (Wildman–Crippen MR) is 111 cm³/mol. The molecule has 30 heavy (non-hydrogen) atoms. The minimum Gasteiger partial charge on any atom is -0.477 e. The molecule has 1 aromatic rings. The zero-order valence-electron chi connectivity index (χ0n) is 16.2. The molecule has 2 rings (SSSR count). The lowest BCUT2D eigenvalue weighted by atomic mass is 10.2. The van der Waals surface area contributed by atoms with Crippen molar-refractivity contribution in [2.75, 3.05) is 18.8 Å². The van der Waals surface area contributed by atoms with E-state index in [2.05, 4.69) is 20.9 Å². The Morgan fingerprint density at radius 1 is 1.33 bits per heavy atom. The van der Waals surface area contributed by atoms with Gasteiger partial charge in [0.15, 0.2) is 11.7 Å². The van der Waals surface area contributed by atoms with E-state index in [1.54, 1.807) is 12.1 Å². The fourth-order valence-electron chi connectivity index (χ4n) is 2.27. The van der Waals surface area contributed by atoms with Gasteiger partial charge in [-0.25, -0.2) is 13.2 Å². The third kappa shape index (κ3) is 7.48. The maximum atomic E-state index is 12.2. The Balaban J connectivity index is 1.89. The molecule has 0 fully saturated rings. The Bertz CT molecular complexity index is 967. The van der Waals surface area contributed by atoms with Crippen molar-refractivity contribution in [3.63, 3.8) is 0 Å². The molecule has 13 heteroatoms. The molecule has 0 unspecified atom stereocenters. The van der Waals surface area contributed by atoms with Crippen LogP contribution in [0.3, 0.4) is 0 Å². The number of rotatable bonds is 9. The summed E-state index contributed by atoms with van der Waals surface area (Å²) in [6.07, 6.45) is 2.35. The molecule has 0 atom stereocenters. The molecule has 1 aromatic heterocycles. The van der Waals surface area contributed by atoms with E-state index >= 15 is 0 Å². The van der Waals surface area contributed by atoms with E-state index in [0.29, 0.717) is 23.8 Å². The second kappa shape index (κ2) is 10.7. The fraction of sp³-hybridized carbons (Fsp3) is 0.412. The van der Waals surface area contributed by atoms with Gasteiger partial charge in [-0.1, -0.05) is 0 Å². The van der Waals surface area contributed by atoms with Crippen LogP contribution < -0.4 is 20.7 Å². The zero-order valence-corrected chi connectivity index (χ0v) is 17.9. The lowest BCUT2D eigenvalue weighted by Crippen LogP contribution is -2.43. The maximum Gasteiger partial charge on any atom is 0.354 e. The number of carboxylic acids is 1. The number of aryl methyl sites for hydroxylation is 1. The van der Waals surface area contributed by atoms with Gasteiger partial charge in [-0.05, 0) is 31.9 Å². The van der Waals surface area contributed by atoms with Gasteiger partial charge in [-0.3, -0.25) is 24.6 Å². The van der Waals surface area contributed by atoms with Crippen LogP contribution in [0.5, 0.6) is 0 Å². The van der Waals surface area contributed by atoms with Crippen molar-refractivity contribution in [2.45, 2.75) is 26.2 Å². The van der Waals surface area contributed by atoms with Gasteiger partial charge >= 0.3 is 5.97 Å². The van der Waals surface area contributed by atoms with Gasteiger partial charge in [-0.2, -0.15) is 0 Å². The largest absolute Gasteiger partial charge is 0.477 e. The molecule has 1 aliphatic heterocycles. The summed E-state index contributed by atoms with van der Waals surface area (Å²) in [6, 6.07) is 3.25. The quantitative estimate of drug-likeness (QED) is 0.319. The number of guanidine groups is 1. The Morgan fingerprint density at radius 3 is 2.73 bits per heavy atom. The van der Waals surface area contributed by atoms with Crippen molar-refractivity contribution in [3.05, 3.63) is 33.8 Å². The number of sulfonamides is 1. The maximum absolute atomic E-state index is 12.2. The minimum atomic E-state index is -3.80. The van der Waals surface area contributed by atoms with Crippen molar-refractivity contribution >= 4 is 45.1 Å². The second-order valence-corrected chi connectivity index (χ2v) is 9.35. The highest BCUT2D eigenvalue weighted by Crippen LogP contribution is 2.18. The van der Waals surface area contributed by atoms with Crippen molar-refractivity contribution in [2.24, 2.45) is 4.99 Å². The molecule has 2 heterocycles. The molecule has 0 radical (unpaired) electrons. The van der Waals surface area contributed by atoms with Crippen molar-refractivity contribution in [1.82, 2.24) is 20.7 Å². The number of nitrogens with zero attached hydrogens (tertiary/aromatic N) is 1. The van der Waals surface area contributed by atoms with Crippen molar-refractivity contribution in [3.8, 4) is 0 Å². The Kier molecular flexibility index (Phi) is 8.35. The molecule has 0 saturated heterocycles. The number of aliphatic carboxylic acids is 1. The van der Waals surface area contributed by atoms with Crippen LogP contribution in [0.4, 0.5) is 0 Å².